The molecule has 8 nitrogen and oxygen atoms in total. The van der Waals surface area contributed by atoms with E-state index >= 15 is 0 Å². The van der Waals surface area contributed by atoms with Crippen LogP contribution in [0.5, 0.6) is 11.5 Å². The minimum absolute atomic E-state index is 0.138. The van der Waals surface area contributed by atoms with Crippen LogP contribution in [0.3, 0.4) is 0 Å². The molecule has 0 unspecified atom stereocenters. The molecular formula is C27H33NO7. The number of ketones is 1. The first kappa shape index (κ1) is 24.8. The number of benzene rings is 1. The van der Waals surface area contributed by atoms with Crippen LogP contribution < -0.4 is 14.8 Å². The molecule has 1 heterocycles. The van der Waals surface area contributed by atoms with Crippen molar-refractivity contribution in [2.24, 2.45) is 11.8 Å². The second-order valence-corrected chi connectivity index (χ2v) is 9.46. The Bertz CT molecular complexity index is 1100. The lowest BCUT2D eigenvalue weighted by atomic mass is 9.69. The number of hydrogen-bond acceptors (Lipinski definition) is 8. The molecule has 1 N–H and O–H groups in total. The van der Waals surface area contributed by atoms with Gasteiger partial charge in [-0.25, -0.2) is 4.79 Å². The van der Waals surface area contributed by atoms with Gasteiger partial charge < -0.3 is 24.3 Å². The van der Waals surface area contributed by atoms with E-state index in [2.05, 4.69) is 5.32 Å². The summed E-state index contributed by atoms with van der Waals surface area (Å²) in [5, 5.41) is 3.29. The topological polar surface area (TPSA) is 100 Å². The Morgan fingerprint density at radius 2 is 1.77 bits per heavy atom. The van der Waals surface area contributed by atoms with Crippen molar-refractivity contribution in [2.45, 2.75) is 58.0 Å². The molecule has 1 aliphatic heterocycles. The Balaban J connectivity index is 1.86. The molecule has 2 aliphatic carbocycles. The highest BCUT2D eigenvalue weighted by Gasteiger charge is 2.48. The number of carbonyl (C=O) groups is 3. The minimum Gasteiger partial charge on any atom is -0.497 e. The van der Waals surface area contributed by atoms with Crippen molar-refractivity contribution in [1.29, 1.82) is 0 Å². The van der Waals surface area contributed by atoms with E-state index in [1.54, 1.807) is 25.3 Å². The van der Waals surface area contributed by atoms with Crippen molar-refractivity contribution >= 4 is 17.7 Å². The summed E-state index contributed by atoms with van der Waals surface area (Å²) >= 11 is 0. The molecule has 188 valence electrons. The van der Waals surface area contributed by atoms with Crippen LogP contribution in [0.15, 0.2) is 40.7 Å². The van der Waals surface area contributed by atoms with Crippen LogP contribution in [0.2, 0.25) is 0 Å². The average Bonchev–Trinajstić information content (AvgIpc) is 3.35. The molecule has 3 aliphatic rings. The maximum atomic E-state index is 13.9. The predicted molar refractivity (Wildman–Crippen MR) is 128 cm³/mol. The van der Waals surface area contributed by atoms with E-state index in [-0.39, 0.29) is 17.8 Å². The zero-order valence-corrected chi connectivity index (χ0v) is 20.9. The number of carbonyl (C=O) groups excluding carboxylic acids is 3. The fraction of sp³-hybridized carbons (Fsp3) is 0.519. The smallest absolute Gasteiger partial charge is 0.337 e. The maximum Gasteiger partial charge on any atom is 0.337 e. The fourth-order valence-electron chi connectivity index (χ4n) is 5.54. The lowest BCUT2D eigenvalue weighted by molar-refractivity contribution is -0.151. The van der Waals surface area contributed by atoms with Crippen LogP contribution in [0, 0.1) is 11.8 Å². The van der Waals surface area contributed by atoms with E-state index in [4.69, 9.17) is 18.9 Å². The summed E-state index contributed by atoms with van der Waals surface area (Å²) in [4.78, 5) is 40.0. The van der Waals surface area contributed by atoms with Crippen molar-refractivity contribution in [3.8, 4) is 11.5 Å². The molecule has 0 radical (unpaired) electrons. The fourth-order valence-corrected chi connectivity index (χ4v) is 5.54. The van der Waals surface area contributed by atoms with E-state index in [1.807, 2.05) is 13.8 Å². The summed E-state index contributed by atoms with van der Waals surface area (Å²) in [6.45, 7) is 3.68. The van der Waals surface area contributed by atoms with Gasteiger partial charge in [0, 0.05) is 28.6 Å². The van der Waals surface area contributed by atoms with Gasteiger partial charge in [0.05, 0.1) is 32.8 Å². The Labute approximate surface area is 205 Å². The SMILES string of the molecule is COC(=O)[C@@H]1C(=O)C2=C(C[C@@H]1C)NC(C)=C(C(=O)OC1CCCC1)[C@H]2c1ccc(OC)cc1OC. The van der Waals surface area contributed by atoms with Gasteiger partial charge in [0.1, 0.15) is 23.5 Å². The van der Waals surface area contributed by atoms with Gasteiger partial charge in [0.2, 0.25) is 0 Å². The molecule has 3 atom stereocenters. The van der Waals surface area contributed by atoms with Crippen molar-refractivity contribution < 1.29 is 33.3 Å². The highest BCUT2D eigenvalue weighted by molar-refractivity contribution is 6.12. The van der Waals surface area contributed by atoms with Gasteiger partial charge in [0.15, 0.2) is 5.78 Å². The molecule has 1 aromatic carbocycles. The third-order valence-electron chi connectivity index (χ3n) is 7.29. The van der Waals surface area contributed by atoms with Crippen LogP contribution in [0.25, 0.3) is 0 Å². The first-order valence-electron chi connectivity index (χ1n) is 12.1. The molecule has 8 heteroatoms. The molecule has 0 aromatic heterocycles. The molecule has 35 heavy (non-hydrogen) atoms. The van der Waals surface area contributed by atoms with E-state index in [0.29, 0.717) is 46.0 Å². The second-order valence-electron chi connectivity index (χ2n) is 9.46. The summed E-state index contributed by atoms with van der Waals surface area (Å²) < 4.78 is 21.9. The number of Topliss-reactive ketones (excluding diaryl/α,β-unsaturated/α-hetero) is 1. The van der Waals surface area contributed by atoms with Crippen molar-refractivity contribution in [3.05, 3.63) is 46.3 Å². The van der Waals surface area contributed by atoms with Gasteiger partial charge in [0.25, 0.3) is 0 Å². The third-order valence-corrected chi connectivity index (χ3v) is 7.29. The normalized spacial score (nSPS) is 24.6. The van der Waals surface area contributed by atoms with E-state index < -0.39 is 23.8 Å². The molecule has 1 aromatic rings. The van der Waals surface area contributed by atoms with E-state index in [0.717, 1.165) is 25.7 Å². The molecular weight excluding hydrogens is 450 g/mol. The van der Waals surface area contributed by atoms with Crippen molar-refractivity contribution in [2.75, 3.05) is 21.3 Å². The molecule has 0 amide bonds. The maximum absolute atomic E-state index is 13.9. The Morgan fingerprint density at radius 3 is 2.40 bits per heavy atom. The number of rotatable bonds is 6. The standard InChI is InChI=1S/C27H33NO7/c1-14-12-19-24(25(29)21(14)26(30)34-5)23(18-11-10-17(32-3)13-20(18)33-4)22(15(2)28-19)27(31)35-16-8-6-7-9-16/h10-11,13-14,16,21,23,28H,6-9,12H2,1-5H3/t14-,21-,23+/m0/s1. The number of esters is 2. The zero-order chi connectivity index (χ0) is 25.3. The number of nitrogens with one attached hydrogen (secondary N) is 1. The minimum atomic E-state index is -0.946. The van der Waals surface area contributed by atoms with Gasteiger partial charge in [-0.1, -0.05) is 13.0 Å². The second kappa shape index (κ2) is 10.1. The van der Waals surface area contributed by atoms with Gasteiger partial charge >= 0.3 is 11.9 Å². The summed E-state index contributed by atoms with van der Waals surface area (Å²) in [6.07, 6.45) is 4.04. The Kier molecular flexibility index (Phi) is 7.19. The Hall–Kier alpha value is -3.29. The van der Waals surface area contributed by atoms with Gasteiger partial charge in [-0.3, -0.25) is 9.59 Å². The predicted octanol–water partition coefficient (Wildman–Crippen LogP) is 3.80. The van der Waals surface area contributed by atoms with Gasteiger partial charge in [-0.2, -0.15) is 0 Å². The first-order chi connectivity index (χ1) is 16.8. The summed E-state index contributed by atoms with van der Waals surface area (Å²) in [7, 11) is 4.37. The number of ether oxygens (including phenoxy) is 4. The molecule has 4 rings (SSSR count). The van der Waals surface area contributed by atoms with E-state index in [1.165, 1.54) is 14.2 Å². The number of methoxy groups -OCH3 is 3. The molecule has 0 saturated heterocycles. The van der Waals surface area contributed by atoms with Gasteiger partial charge in [-0.05, 0) is 51.0 Å². The van der Waals surface area contributed by atoms with Crippen molar-refractivity contribution in [1.82, 2.24) is 5.32 Å². The third kappa shape index (κ3) is 4.54. The van der Waals surface area contributed by atoms with Crippen LogP contribution in [0.1, 0.15) is 57.4 Å². The molecule has 0 bridgehead atoms. The highest BCUT2D eigenvalue weighted by atomic mass is 16.5. The number of allylic oxidation sites excluding steroid dienone is 3. The first-order valence-corrected chi connectivity index (χ1v) is 12.1. The van der Waals surface area contributed by atoms with E-state index in [9.17, 15) is 14.4 Å². The van der Waals surface area contributed by atoms with Gasteiger partial charge in [-0.15, -0.1) is 0 Å². The number of hydrogen-bond donors (Lipinski definition) is 1. The lowest BCUT2D eigenvalue weighted by Crippen LogP contribution is -2.43. The molecule has 0 spiro atoms. The average molecular weight is 484 g/mol. The molecule has 1 fully saturated rings. The van der Waals surface area contributed by atoms with Crippen LogP contribution in [0.4, 0.5) is 0 Å². The van der Waals surface area contributed by atoms with Crippen LogP contribution in [-0.4, -0.2) is 45.2 Å². The monoisotopic (exact) mass is 483 g/mol. The largest absolute Gasteiger partial charge is 0.497 e. The number of dihydropyridines is 1. The summed E-state index contributed by atoms with van der Waals surface area (Å²) in [5.41, 5.74) is 2.70. The quantitative estimate of drug-likeness (QED) is 0.482. The van der Waals surface area contributed by atoms with Crippen molar-refractivity contribution in [3.63, 3.8) is 0 Å². The Morgan fingerprint density at radius 1 is 1.06 bits per heavy atom. The summed E-state index contributed by atoms with van der Waals surface area (Å²) in [5.74, 6) is -2.28. The highest BCUT2D eigenvalue weighted by Crippen LogP contribution is 2.48. The van der Waals surface area contributed by atoms with Crippen LogP contribution in [-0.2, 0) is 23.9 Å². The van der Waals surface area contributed by atoms with Crippen LogP contribution >= 0.6 is 0 Å². The lowest BCUT2D eigenvalue weighted by Gasteiger charge is -2.38. The molecule has 1 saturated carbocycles. The zero-order valence-electron chi connectivity index (χ0n) is 20.9. The summed E-state index contributed by atoms with van der Waals surface area (Å²) in [6, 6.07) is 5.29.